The molecular weight excluding hydrogens is 258 g/mol. The van der Waals surface area contributed by atoms with Crippen LogP contribution >= 0.6 is 0 Å². The summed E-state index contributed by atoms with van der Waals surface area (Å²) in [5.74, 6) is -0.281. The summed E-state index contributed by atoms with van der Waals surface area (Å²) in [7, 11) is 1.60. The number of carbonyl (C=O) groups excluding carboxylic acids is 1. The summed E-state index contributed by atoms with van der Waals surface area (Å²) >= 11 is 0. The number of hydrogen-bond acceptors (Lipinski definition) is 3. The topological polar surface area (TPSA) is 66.8 Å². The fraction of sp³-hybridized carbons (Fsp3) is 0.467. The van der Waals surface area contributed by atoms with E-state index in [0.29, 0.717) is 6.54 Å². The lowest BCUT2D eigenvalue weighted by molar-refractivity contribution is -0.141. The number of nitrogens with zero attached hydrogens (tertiary/aromatic N) is 1. The van der Waals surface area contributed by atoms with Crippen LogP contribution in [0.5, 0.6) is 5.75 Å². The molecule has 1 fully saturated rings. The van der Waals surface area contributed by atoms with Gasteiger partial charge in [-0.3, -0.25) is 9.59 Å². The molecule has 0 saturated heterocycles. The molecule has 5 nitrogen and oxygen atoms in total. The lowest BCUT2D eigenvalue weighted by Gasteiger charge is -2.23. The van der Waals surface area contributed by atoms with Crippen LogP contribution in [0.1, 0.15) is 31.2 Å². The van der Waals surface area contributed by atoms with Crippen LogP contribution in [0, 0.1) is 0 Å². The van der Waals surface area contributed by atoms with Crippen molar-refractivity contribution >= 4 is 11.9 Å². The molecule has 5 heteroatoms. The van der Waals surface area contributed by atoms with Crippen LogP contribution in [-0.4, -0.2) is 35.0 Å². The van der Waals surface area contributed by atoms with Gasteiger partial charge in [-0.2, -0.15) is 0 Å². The van der Waals surface area contributed by atoms with Crippen molar-refractivity contribution in [1.29, 1.82) is 0 Å². The van der Waals surface area contributed by atoms with Gasteiger partial charge >= 0.3 is 5.97 Å². The highest BCUT2D eigenvalue weighted by Gasteiger charge is 2.32. The first-order valence-electron chi connectivity index (χ1n) is 6.75. The minimum Gasteiger partial charge on any atom is -0.496 e. The van der Waals surface area contributed by atoms with Crippen molar-refractivity contribution in [3.63, 3.8) is 0 Å². The van der Waals surface area contributed by atoms with Crippen molar-refractivity contribution in [2.45, 2.75) is 38.3 Å². The molecule has 0 bridgehead atoms. The molecule has 2 rings (SSSR count). The average Bonchev–Trinajstić information content (AvgIpc) is 3.27. The molecule has 0 unspecified atom stereocenters. The molecule has 1 saturated carbocycles. The average molecular weight is 277 g/mol. The fourth-order valence-electron chi connectivity index (χ4n) is 2.18. The third-order valence-electron chi connectivity index (χ3n) is 3.39. The molecular formula is C15H19NO4. The molecule has 20 heavy (non-hydrogen) atoms. The summed E-state index contributed by atoms with van der Waals surface area (Å²) in [5, 5.41) is 8.68. The first kappa shape index (κ1) is 14.4. The highest BCUT2D eigenvalue weighted by Crippen LogP contribution is 2.31. The van der Waals surface area contributed by atoms with Gasteiger partial charge in [0, 0.05) is 24.6 Å². The Morgan fingerprint density at radius 3 is 2.60 bits per heavy atom. The molecule has 0 atom stereocenters. The van der Waals surface area contributed by atoms with E-state index in [1.54, 1.807) is 12.0 Å². The maximum Gasteiger partial charge on any atom is 0.303 e. The van der Waals surface area contributed by atoms with Gasteiger partial charge in [-0.1, -0.05) is 18.2 Å². The number of methoxy groups -OCH3 is 1. The van der Waals surface area contributed by atoms with E-state index in [9.17, 15) is 9.59 Å². The minimum absolute atomic E-state index is 0.0565. The molecule has 0 aromatic heterocycles. The zero-order valence-electron chi connectivity index (χ0n) is 11.5. The quantitative estimate of drug-likeness (QED) is 0.828. The number of para-hydroxylation sites is 1. The summed E-state index contributed by atoms with van der Waals surface area (Å²) in [5.41, 5.74) is 0.950. The van der Waals surface area contributed by atoms with Crippen molar-refractivity contribution in [1.82, 2.24) is 4.90 Å². The zero-order valence-corrected chi connectivity index (χ0v) is 11.5. The molecule has 0 heterocycles. The first-order valence-corrected chi connectivity index (χ1v) is 6.75. The van der Waals surface area contributed by atoms with Crippen LogP contribution in [0.25, 0.3) is 0 Å². The van der Waals surface area contributed by atoms with Gasteiger partial charge in [0.1, 0.15) is 5.75 Å². The number of ether oxygens (including phenoxy) is 1. The summed E-state index contributed by atoms with van der Waals surface area (Å²) in [6.45, 7) is 0.479. The van der Waals surface area contributed by atoms with Crippen molar-refractivity contribution in [2.75, 3.05) is 7.11 Å². The van der Waals surface area contributed by atoms with Gasteiger partial charge in [0.15, 0.2) is 0 Å². The minimum atomic E-state index is -0.939. The Kier molecular flexibility index (Phi) is 4.61. The molecule has 1 aliphatic carbocycles. The molecule has 0 spiro atoms. The maximum absolute atomic E-state index is 12.2. The summed E-state index contributed by atoms with van der Waals surface area (Å²) < 4.78 is 5.29. The van der Waals surface area contributed by atoms with Crippen LogP contribution in [0.2, 0.25) is 0 Å². The van der Waals surface area contributed by atoms with E-state index in [2.05, 4.69) is 0 Å². The lowest BCUT2D eigenvalue weighted by Crippen LogP contribution is -2.32. The fourth-order valence-corrected chi connectivity index (χ4v) is 2.18. The number of amides is 1. The molecule has 1 aromatic rings. The van der Waals surface area contributed by atoms with E-state index in [1.165, 1.54) is 0 Å². The van der Waals surface area contributed by atoms with Crippen LogP contribution in [0.3, 0.4) is 0 Å². The predicted octanol–water partition coefficient (Wildman–Crippen LogP) is 2.05. The van der Waals surface area contributed by atoms with Crippen LogP contribution in [0.15, 0.2) is 24.3 Å². The summed E-state index contributed by atoms with van der Waals surface area (Å²) in [6.07, 6.45) is 1.93. The van der Waals surface area contributed by atoms with Crippen molar-refractivity contribution in [3.8, 4) is 5.75 Å². The smallest absolute Gasteiger partial charge is 0.303 e. The molecule has 1 amide bonds. The number of hydrogen-bond donors (Lipinski definition) is 1. The Morgan fingerprint density at radius 2 is 2.00 bits per heavy atom. The van der Waals surface area contributed by atoms with E-state index in [1.807, 2.05) is 24.3 Å². The maximum atomic E-state index is 12.2. The van der Waals surface area contributed by atoms with Crippen LogP contribution in [0.4, 0.5) is 0 Å². The predicted molar refractivity (Wildman–Crippen MR) is 73.4 cm³/mol. The number of carboxylic acid groups (broad SMARTS) is 1. The van der Waals surface area contributed by atoms with Crippen molar-refractivity contribution in [3.05, 3.63) is 29.8 Å². The molecule has 1 N–H and O–H groups in total. The van der Waals surface area contributed by atoms with Gasteiger partial charge in [-0.05, 0) is 18.9 Å². The van der Waals surface area contributed by atoms with Crippen LogP contribution < -0.4 is 4.74 Å². The van der Waals surface area contributed by atoms with Gasteiger partial charge in [-0.15, -0.1) is 0 Å². The molecule has 0 radical (unpaired) electrons. The van der Waals surface area contributed by atoms with E-state index in [0.717, 1.165) is 24.2 Å². The Bertz CT molecular complexity index is 496. The van der Waals surface area contributed by atoms with E-state index < -0.39 is 5.97 Å². The SMILES string of the molecule is COc1ccccc1CN(C(=O)CCC(=O)O)C1CC1. The Hall–Kier alpha value is -2.04. The summed E-state index contributed by atoms with van der Waals surface area (Å²) in [6, 6.07) is 7.84. The third kappa shape index (κ3) is 3.73. The monoisotopic (exact) mass is 277 g/mol. The highest BCUT2D eigenvalue weighted by atomic mass is 16.5. The molecule has 1 aromatic carbocycles. The number of rotatable bonds is 7. The Labute approximate surface area is 118 Å². The highest BCUT2D eigenvalue weighted by molar-refractivity contribution is 5.81. The Balaban J connectivity index is 2.05. The number of aliphatic carboxylic acids is 1. The van der Waals surface area contributed by atoms with Gasteiger partial charge in [0.2, 0.25) is 5.91 Å². The zero-order chi connectivity index (χ0) is 14.5. The second-order valence-corrected chi connectivity index (χ2v) is 4.96. The van der Waals surface area contributed by atoms with Crippen LogP contribution in [-0.2, 0) is 16.1 Å². The molecule has 108 valence electrons. The van der Waals surface area contributed by atoms with E-state index in [4.69, 9.17) is 9.84 Å². The van der Waals surface area contributed by atoms with E-state index in [-0.39, 0.29) is 24.8 Å². The van der Waals surface area contributed by atoms with Gasteiger partial charge < -0.3 is 14.7 Å². The second-order valence-electron chi connectivity index (χ2n) is 4.96. The normalized spacial score (nSPS) is 13.8. The molecule has 0 aliphatic heterocycles. The standard InChI is InChI=1S/C15H19NO4/c1-20-13-5-3-2-4-11(13)10-16(12-6-7-12)14(17)8-9-15(18)19/h2-5,12H,6-10H2,1H3,(H,18,19). The number of benzene rings is 1. The third-order valence-corrected chi connectivity index (χ3v) is 3.39. The summed E-state index contributed by atoms with van der Waals surface area (Å²) in [4.78, 5) is 24.5. The number of carbonyl (C=O) groups is 2. The van der Waals surface area contributed by atoms with Crippen molar-refractivity contribution in [2.24, 2.45) is 0 Å². The largest absolute Gasteiger partial charge is 0.496 e. The van der Waals surface area contributed by atoms with Gasteiger partial charge in [0.05, 0.1) is 13.5 Å². The second kappa shape index (κ2) is 6.41. The molecule has 1 aliphatic rings. The van der Waals surface area contributed by atoms with Gasteiger partial charge in [0.25, 0.3) is 0 Å². The first-order chi connectivity index (χ1) is 9.61. The van der Waals surface area contributed by atoms with Gasteiger partial charge in [-0.25, -0.2) is 0 Å². The number of carboxylic acids is 1. The lowest BCUT2D eigenvalue weighted by atomic mass is 10.1. The Morgan fingerprint density at radius 1 is 1.30 bits per heavy atom. The van der Waals surface area contributed by atoms with Crippen molar-refractivity contribution < 1.29 is 19.4 Å². The van der Waals surface area contributed by atoms with E-state index >= 15 is 0 Å².